The van der Waals surface area contributed by atoms with Gasteiger partial charge in [0.2, 0.25) is 17.7 Å². The Kier molecular flexibility index (Phi) is 8.37. The van der Waals surface area contributed by atoms with Gasteiger partial charge >= 0.3 is 0 Å². The Morgan fingerprint density at radius 2 is 2.03 bits per heavy atom. The molecule has 2 N–H and O–H groups in total. The van der Waals surface area contributed by atoms with Crippen LogP contribution in [-0.4, -0.2) is 77.7 Å². The first-order chi connectivity index (χ1) is 17.4. The molecule has 0 aliphatic carbocycles. The van der Waals surface area contributed by atoms with Crippen LogP contribution < -0.4 is 15.4 Å². The first-order valence-electron chi connectivity index (χ1n) is 11.8. The van der Waals surface area contributed by atoms with Crippen molar-refractivity contribution in [3.8, 4) is 5.75 Å². The lowest BCUT2D eigenvalue weighted by Gasteiger charge is -2.25. The van der Waals surface area contributed by atoms with Crippen LogP contribution in [-0.2, 0) is 20.9 Å². The first-order valence-corrected chi connectivity index (χ1v) is 12.2. The highest BCUT2D eigenvalue weighted by Crippen LogP contribution is 2.24. The minimum absolute atomic E-state index is 0.0966. The molecule has 3 heterocycles. The highest BCUT2D eigenvalue weighted by atomic mass is 35.5. The molecule has 1 fully saturated rings. The topological polar surface area (TPSA) is 121 Å². The molecule has 0 spiro atoms. The predicted molar refractivity (Wildman–Crippen MR) is 131 cm³/mol. The zero-order valence-electron chi connectivity index (χ0n) is 19.7. The number of hydrogen-bond donors (Lipinski definition) is 2. The number of likely N-dealkylation sites (tertiary alicyclic amines) is 1. The Balaban J connectivity index is 1.40. The van der Waals surface area contributed by atoms with Crippen molar-refractivity contribution in [1.82, 2.24) is 25.4 Å². The fourth-order valence-corrected chi connectivity index (χ4v) is 4.45. The summed E-state index contributed by atoms with van der Waals surface area (Å²) in [4.78, 5) is 58.3. The van der Waals surface area contributed by atoms with Gasteiger partial charge in [-0.1, -0.05) is 17.7 Å². The van der Waals surface area contributed by atoms with E-state index in [-0.39, 0.29) is 69.4 Å². The molecule has 1 unspecified atom stereocenters. The average molecular weight is 514 g/mol. The summed E-state index contributed by atoms with van der Waals surface area (Å²) >= 11 is 6.05. The molecule has 10 nitrogen and oxygen atoms in total. The predicted octanol–water partition coefficient (Wildman–Crippen LogP) is 1.24. The zero-order valence-corrected chi connectivity index (χ0v) is 20.5. The van der Waals surface area contributed by atoms with Gasteiger partial charge in [-0.3, -0.25) is 24.2 Å². The van der Waals surface area contributed by atoms with E-state index in [1.165, 1.54) is 11.0 Å². The Bertz CT molecular complexity index is 1130. The summed E-state index contributed by atoms with van der Waals surface area (Å²) in [6.07, 6.45) is 3.88. The number of halogens is 1. The number of hydrogen-bond acceptors (Lipinski definition) is 6. The van der Waals surface area contributed by atoms with Crippen molar-refractivity contribution in [2.45, 2.75) is 19.4 Å². The van der Waals surface area contributed by atoms with E-state index in [9.17, 15) is 19.2 Å². The van der Waals surface area contributed by atoms with Crippen LogP contribution in [0.25, 0.3) is 0 Å². The van der Waals surface area contributed by atoms with Gasteiger partial charge < -0.3 is 25.2 Å². The maximum atomic E-state index is 13.3. The number of carbonyl (C=O) groups excluding carboxylic acids is 4. The Labute approximate surface area is 213 Å². The number of fused-ring (bicyclic) bond motifs is 1. The van der Waals surface area contributed by atoms with Gasteiger partial charge in [-0.2, -0.15) is 0 Å². The second-order valence-corrected chi connectivity index (χ2v) is 9.18. The molecule has 0 saturated carbocycles. The smallest absolute Gasteiger partial charge is 0.255 e. The second kappa shape index (κ2) is 11.9. The molecule has 2 aromatic rings. The molecule has 1 aromatic carbocycles. The number of ether oxygens (including phenoxy) is 1. The third-order valence-corrected chi connectivity index (χ3v) is 6.30. The molecule has 0 bridgehead atoms. The monoisotopic (exact) mass is 513 g/mol. The number of nitrogens with zero attached hydrogens (tertiary/aromatic N) is 3. The third-order valence-electron chi connectivity index (χ3n) is 6.06. The van der Waals surface area contributed by atoms with Gasteiger partial charge in [0.25, 0.3) is 5.91 Å². The van der Waals surface area contributed by atoms with Gasteiger partial charge in [0.05, 0.1) is 24.6 Å². The van der Waals surface area contributed by atoms with Gasteiger partial charge in [0.15, 0.2) is 0 Å². The molecule has 1 atom stereocenters. The Morgan fingerprint density at radius 1 is 1.17 bits per heavy atom. The lowest BCUT2D eigenvalue weighted by molar-refractivity contribution is -0.139. The van der Waals surface area contributed by atoms with Crippen LogP contribution in [0.1, 0.15) is 28.8 Å². The van der Waals surface area contributed by atoms with Crippen molar-refractivity contribution in [2.75, 3.05) is 39.3 Å². The van der Waals surface area contributed by atoms with Crippen molar-refractivity contribution in [3.05, 3.63) is 58.9 Å². The van der Waals surface area contributed by atoms with Gasteiger partial charge in [-0.15, -0.1) is 0 Å². The fourth-order valence-electron chi connectivity index (χ4n) is 4.28. The van der Waals surface area contributed by atoms with E-state index in [2.05, 4.69) is 15.6 Å². The molecular weight excluding hydrogens is 486 g/mol. The number of nitrogens with one attached hydrogen (secondary N) is 2. The van der Waals surface area contributed by atoms with Crippen LogP contribution >= 0.6 is 11.6 Å². The lowest BCUT2D eigenvalue weighted by Crippen LogP contribution is -2.45. The van der Waals surface area contributed by atoms with E-state index in [1.807, 2.05) is 6.07 Å². The molecular formula is C25H28ClN5O5. The van der Waals surface area contributed by atoms with Crippen molar-refractivity contribution in [1.29, 1.82) is 0 Å². The van der Waals surface area contributed by atoms with Crippen LogP contribution in [0.4, 0.5) is 0 Å². The molecule has 0 radical (unpaired) electrons. The standard InChI is InChI=1S/C25H28ClN5O5/c26-19-4-5-21-20(12-19)24(34)29-7-2-9-30(16-22(32)28-8-10-36-21)25(35)18-11-23(33)31(15-18)14-17-3-1-6-27-13-17/h1,3-6,12-13,18H,2,7-11,14-16H2,(H,28,32)(H,29,34). The first kappa shape index (κ1) is 25.4. The van der Waals surface area contributed by atoms with Gasteiger partial charge in [-0.05, 0) is 36.2 Å². The summed E-state index contributed by atoms with van der Waals surface area (Å²) in [6.45, 7) is 1.42. The van der Waals surface area contributed by atoms with Crippen molar-refractivity contribution in [2.24, 2.45) is 5.92 Å². The largest absolute Gasteiger partial charge is 0.491 e. The van der Waals surface area contributed by atoms with Gasteiger partial charge in [0.1, 0.15) is 12.4 Å². The lowest BCUT2D eigenvalue weighted by atomic mass is 10.1. The van der Waals surface area contributed by atoms with E-state index in [0.717, 1.165) is 5.56 Å². The van der Waals surface area contributed by atoms with Gasteiger partial charge in [-0.25, -0.2) is 0 Å². The maximum Gasteiger partial charge on any atom is 0.255 e. The third kappa shape index (κ3) is 6.51. The van der Waals surface area contributed by atoms with Crippen LogP contribution in [0.2, 0.25) is 5.02 Å². The van der Waals surface area contributed by atoms with Crippen LogP contribution in [0.3, 0.4) is 0 Å². The number of rotatable bonds is 3. The molecule has 1 aromatic heterocycles. The highest BCUT2D eigenvalue weighted by Gasteiger charge is 2.37. The average Bonchev–Trinajstić information content (AvgIpc) is 3.23. The molecule has 4 amide bonds. The summed E-state index contributed by atoms with van der Waals surface area (Å²) < 4.78 is 5.67. The quantitative estimate of drug-likeness (QED) is 0.637. The highest BCUT2D eigenvalue weighted by molar-refractivity contribution is 6.31. The van der Waals surface area contributed by atoms with Gasteiger partial charge in [0, 0.05) is 50.0 Å². The summed E-state index contributed by atoms with van der Waals surface area (Å²) in [7, 11) is 0. The molecule has 2 aliphatic heterocycles. The van der Waals surface area contributed by atoms with Crippen LogP contribution in [0.15, 0.2) is 42.7 Å². The second-order valence-electron chi connectivity index (χ2n) is 8.74. The maximum absolute atomic E-state index is 13.3. The molecule has 4 rings (SSSR count). The molecule has 11 heteroatoms. The SMILES string of the molecule is O=C1CN(C(=O)C2CC(=O)N(Cc3cccnc3)C2)CCCNC(=O)c2cc(Cl)ccc2OCCN1. The summed E-state index contributed by atoms with van der Waals surface area (Å²) in [5.41, 5.74) is 1.19. The normalized spacial score (nSPS) is 19.6. The minimum atomic E-state index is -0.534. The van der Waals surface area contributed by atoms with E-state index < -0.39 is 5.92 Å². The van der Waals surface area contributed by atoms with Crippen LogP contribution in [0.5, 0.6) is 5.75 Å². The molecule has 36 heavy (non-hydrogen) atoms. The summed E-state index contributed by atoms with van der Waals surface area (Å²) in [6, 6.07) is 8.46. The summed E-state index contributed by atoms with van der Waals surface area (Å²) in [5.74, 6) is -1.17. The minimum Gasteiger partial charge on any atom is -0.491 e. The van der Waals surface area contributed by atoms with E-state index in [1.54, 1.807) is 35.5 Å². The number of carbonyl (C=O) groups is 4. The number of amides is 4. The summed E-state index contributed by atoms with van der Waals surface area (Å²) in [5, 5.41) is 5.97. The fraction of sp³-hybridized carbons (Fsp3) is 0.400. The van der Waals surface area contributed by atoms with E-state index in [4.69, 9.17) is 16.3 Å². The molecule has 1 saturated heterocycles. The number of pyridine rings is 1. The Hall–Kier alpha value is -3.66. The number of aromatic nitrogens is 1. The molecule has 190 valence electrons. The van der Waals surface area contributed by atoms with Crippen LogP contribution in [0, 0.1) is 5.92 Å². The van der Waals surface area contributed by atoms with Crippen molar-refractivity contribution >= 4 is 35.2 Å². The Morgan fingerprint density at radius 3 is 2.83 bits per heavy atom. The van der Waals surface area contributed by atoms with Crippen molar-refractivity contribution in [3.63, 3.8) is 0 Å². The van der Waals surface area contributed by atoms with E-state index in [0.29, 0.717) is 29.3 Å². The molecule has 2 aliphatic rings. The van der Waals surface area contributed by atoms with E-state index >= 15 is 0 Å². The van der Waals surface area contributed by atoms with Crippen molar-refractivity contribution < 1.29 is 23.9 Å². The zero-order chi connectivity index (χ0) is 25.5. The number of benzene rings is 1.